The molecule has 0 atom stereocenters. The number of hydrogen-bond donors (Lipinski definition) is 2. The summed E-state index contributed by atoms with van der Waals surface area (Å²) in [5, 5.41) is 3.44. The third-order valence-electron chi connectivity index (χ3n) is 4.33. The molecule has 7 heteroatoms. The van der Waals surface area contributed by atoms with Crippen molar-refractivity contribution in [1.29, 1.82) is 0 Å². The highest BCUT2D eigenvalue weighted by Crippen LogP contribution is 2.29. The molecule has 0 bridgehead atoms. The molecule has 1 aliphatic heterocycles. The van der Waals surface area contributed by atoms with Crippen molar-refractivity contribution >= 4 is 10.0 Å². The Labute approximate surface area is 125 Å². The summed E-state index contributed by atoms with van der Waals surface area (Å²) >= 11 is 0. The maximum atomic E-state index is 11.6. The van der Waals surface area contributed by atoms with E-state index in [2.05, 4.69) is 14.9 Å². The number of piperidine rings is 1. The minimum Gasteiger partial charge on any atom is -0.447 e. The van der Waals surface area contributed by atoms with Crippen LogP contribution in [0.4, 0.5) is 0 Å². The van der Waals surface area contributed by atoms with E-state index in [1.165, 1.54) is 39.0 Å². The molecule has 118 valence electrons. The van der Waals surface area contributed by atoms with Crippen LogP contribution < -0.4 is 10.0 Å². The number of furan rings is 1. The Morgan fingerprint density at radius 2 is 1.95 bits per heavy atom. The predicted octanol–water partition coefficient (Wildman–Crippen LogP) is 0.904. The third kappa shape index (κ3) is 3.66. The molecule has 0 unspecified atom stereocenters. The lowest BCUT2D eigenvalue weighted by molar-refractivity contribution is 0.187. The van der Waals surface area contributed by atoms with E-state index in [1.807, 2.05) is 0 Å². The quantitative estimate of drug-likeness (QED) is 0.816. The molecule has 21 heavy (non-hydrogen) atoms. The molecule has 1 saturated heterocycles. The van der Waals surface area contributed by atoms with Crippen LogP contribution in [0.15, 0.2) is 21.6 Å². The van der Waals surface area contributed by atoms with Crippen LogP contribution in [0.5, 0.6) is 0 Å². The van der Waals surface area contributed by atoms with Crippen LogP contribution >= 0.6 is 0 Å². The monoisotopic (exact) mass is 313 g/mol. The molecule has 2 fully saturated rings. The SMILES string of the molecule is CNS(=O)(=O)c1ccc(CNC2CCN(C3CC3)CC2)o1. The second kappa shape index (κ2) is 6.08. The predicted molar refractivity (Wildman–Crippen MR) is 79.4 cm³/mol. The van der Waals surface area contributed by atoms with E-state index in [9.17, 15) is 8.42 Å². The molecule has 6 nitrogen and oxygen atoms in total. The lowest BCUT2D eigenvalue weighted by atomic mass is 10.0. The molecule has 2 aliphatic rings. The summed E-state index contributed by atoms with van der Waals surface area (Å²) in [7, 11) is -2.10. The Morgan fingerprint density at radius 3 is 2.57 bits per heavy atom. The molecule has 2 heterocycles. The molecule has 0 radical (unpaired) electrons. The molecular weight excluding hydrogens is 290 g/mol. The first-order chi connectivity index (χ1) is 10.1. The van der Waals surface area contributed by atoms with E-state index >= 15 is 0 Å². The Bertz CT molecular complexity index is 572. The van der Waals surface area contributed by atoms with E-state index in [-0.39, 0.29) is 5.09 Å². The molecule has 1 aromatic heterocycles. The molecule has 1 aliphatic carbocycles. The van der Waals surface area contributed by atoms with Crippen molar-refractivity contribution in [2.75, 3.05) is 20.1 Å². The van der Waals surface area contributed by atoms with Crippen LogP contribution in [0.25, 0.3) is 0 Å². The van der Waals surface area contributed by atoms with Crippen molar-refractivity contribution in [1.82, 2.24) is 14.9 Å². The van der Waals surface area contributed by atoms with E-state index in [4.69, 9.17) is 4.42 Å². The van der Waals surface area contributed by atoms with Gasteiger partial charge in [-0.1, -0.05) is 0 Å². The number of sulfonamides is 1. The van der Waals surface area contributed by atoms with E-state index < -0.39 is 10.0 Å². The molecule has 0 aromatic carbocycles. The first kappa shape index (κ1) is 15.0. The molecule has 0 amide bonds. The molecule has 1 saturated carbocycles. The highest BCUT2D eigenvalue weighted by Gasteiger charge is 2.31. The van der Waals surface area contributed by atoms with E-state index in [0.29, 0.717) is 18.3 Å². The van der Waals surface area contributed by atoms with Gasteiger partial charge in [-0.05, 0) is 58.0 Å². The summed E-state index contributed by atoms with van der Waals surface area (Å²) in [6.07, 6.45) is 5.04. The summed E-state index contributed by atoms with van der Waals surface area (Å²) in [4.78, 5) is 2.59. The normalized spacial score (nSPS) is 21.8. The highest BCUT2D eigenvalue weighted by molar-refractivity contribution is 7.89. The number of nitrogens with zero attached hydrogens (tertiary/aromatic N) is 1. The molecule has 2 N–H and O–H groups in total. The van der Waals surface area contributed by atoms with Gasteiger partial charge in [0.05, 0.1) is 6.54 Å². The van der Waals surface area contributed by atoms with Crippen molar-refractivity contribution in [2.45, 2.75) is 49.4 Å². The third-order valence-corrected chi connectivity index (χ3v) is 5.61. The second-order valence-corrected chi connectivity index (χ2v) is 7.67. The standard InChI is InChI=1S/C14H23N3O3S/c1-15-21(18,19)14-5-4-13(20-14)10-16-11-6-8-17(9-7-11)12-2-3-12/h4-5,11-12,15-16H,2-3,6-10H2,1H3. The lowest BCUT2D eigenvalue weighted by Crippen LogP contribution is -2.43. The maximum absolute atomic E-state index is 11.6. The highest BCUT2D eigenvalue weighted by atomic mass is 32.2. The van der Waals surface area contributed by atoms with Gasteiger partial charge in [-0.2, -0.15) is 0 Å². The van der Waals surface area contributed by atoms with Crippen LogP contribution in [0.2, 0.25) is 0 Å². The molecule has 3 rings (SSSR count). The Balaban J connectivity index is 1.47. The fourth-order valence-electron chi connectivity index (χ4n) is 2.85. The zero-order valence-electron chi connectivity index (χ0n) is 12.3. The zero-order chi connectivity index (χ0) is 14.9. The lowest BCUT2D eigenvalue weighted by Gasteiger charge is -2.32. The van der Waals surface area contributed by atoms with Crippen LogP contribution in [-0.4, -0.2) is 45.5 Å². The maximum Gasteiger partial charge on any atom is 0.273 e. The largest absolute Gasteiger partial charge is 0.447 e. The van der Waals surface area contributed by atoms with Gasteiger partial charge in [0.25, 0.3) is 10.0 Å². The summed E-state index contributed by atoms with van der Waals surface area (Å²) in [5.41, 5.74) is 0. The summed E-state index contributed by atoms with van der Waals surface area (Å²) in [6.45, 7) is 2.91. The minimum atomic E-state index is -3.48. The smallest absolute Gasteiger partial charge is 0.273 e. The van der Waals surface area contributed by atoms with Gasteiger partial charge in [-0.25, -0.2) is 13.1 Å². The van der Waals surface area contributed by atoms with Crippen molar-refractivity contribution in [3.63, 3.8) is 0 Å². The van der Waals surface area contributed by atoms with Crippen molar-refractivity contribution in [2.24, 2.45) is 0 Å². The summed E-state index contributed by atoms with van der Waals surface area (Å²) < 4.78 is 30.8. The average Bonchev–Trinajstić information content (AvgIpc) is 3.23. The fourth-order valence-corrected chi connectivity index (χ4v) is 3.52. The van der Waals surface area contributed by atoms with Crippen LogP contribution in [0.3, 0.4) is 0 Å². The van der Waals surface area contributed by atoms with Crippen LogP contribution in [-0.2, 0) is 16.6 Å². The van der Waals surface area contributed by atoms with Crippen molar-refractivity contribution in [3.05, 3.63) is 17.9 Å². The number of nitrogens with one attached hydrogen (secondary N) is 2. The Kier molecular flexibility index (Phi) is 4.35. The number of rotatable bonds is 6. The van der Waals surface area contributed by atoms with Gasteiger partial charge in [0, 0.05) is 12.1 Å². The average molecular weight is 313 g/mol. The van der Waals surface area contributed by atoms with Gasteiger partial charge in [0.2, 0.25) is 5.09 Å². The summed E-state index contributed by atoms with van der Waals surface area (Å²) in [6, 6.07) is 4.56. The van der Waals surface area contributed by atoms with Gasteiger partial charge in [-0.15, -0.1) is 0 Å². The molecule has 1 aromatic rings. The molecule has 0 spiro atoms. The number of hydrogen-bond acceptors (Lipinski definition) is 5. The van der Waals surface area contributed by atoms with E-state index in [1.54, 1.807) is 6.07 Å². The van der Waals surface area contributed by atoms with Crippen LogP contribution in [0.1, 0.15) is 31.4 Å². The fraction of sp³-hybridized carbons (Fsp3) is 0.714. The first-order valence-corrected chi connectivity index (χ1v) is 9.06. The van der Waals surface area contributed by atoms with Gasteiger partial charge in [0.1, 0.15) is 5.76 Å². The topological polar surface area (TPSA) is 74.6 Å². The number of likely N-dealkylation sites (tertiary alicyclic amines) is 1. The molecular formula is C14H23N3O3S. The van der Waals surface area contributed by atoms with Crippen LogP contribution in [0, 0.1) is 0 Å². The zero-order valence-corrected chi connectivity index (χ0v) is 13.2. The van der Waals surface area contributed by atoms with E-state index in [0.717, 1.165) is 18.9 Å². The van der Waals surface area contributed by atoms with Gasteiger partial charge in [0.15, 0.2) is 0 Å². The second-order valence-electron chi connectivity index (χ2n) is 5.85. The Morgan fingerprint density at radius 1 is 1.24 bits per heavy atom. The van der Waals surface area contributed by atoms with Crippen molar-refractivity contribution < 1.29 is 12.8 Å². The minimum absolute atomic E-state index is 0.0228. The summed E-state index contributed by atoms with van der Waals surface area (Å²) in [5.74, 6) is 0.661. The Hall–Kier alpha value is -0.890. The first-order valence-electron chi connectivity index (χ1n) is 7.58. The van der Waals surface area contributed by atoms with Gasteiger partial charge >= 0.3 is 0 Å². The van der Waals surface area contributed by atoms with Gasteiger partial charge in [-0.3, -0.25) is 0 Å². The van der Waals surface area contributed by atoms with Crippen molar-refractivity contribution in [3.8, 4) is 0 Å². The van der Waals surface area contributed by atoms with Gasteiger partial charge < -0.3 is 14.6 Å².